The van der Waals surface area contributed by atoms with Crippen LogP contribution in [0.2, 0.25) is 0 Å². The number of carbonyl (C=O) groups excluding carboxylic acids is 1. The van der Waals surface area contributed by atoms with Crippen LogP contribution < -0.4 is 5.32 Å². The molecular formula is C23H29NO4. The van der Waals surface area contributed by atoms with Gasteiger partial charge in [0.05, 0.1) is 0 Å². The number of hydrogen-bond acceptors (Lipinski definition) is 4. The van der Waals surface area contributed by atoms with E-state index in [0.29, 0.717) is 31.2 Å². The number of hydrogen-bond donors (Lipinski definition) is 2. The lowest BCUT2D eigenvalue weighted by Crippen LogP contribution is -2.39. The van der Waals surface area contributed by atoms with Crippen LogP contribution in [-0.2, 0) is 14.3 Å². The number of aliphatic hydroxyl groups excluding tert-OH is 1. The van der Waals surface area contributed by atoms with Gasteiger partial charge in [-0.1, -0.05) is 18.1 Å². The van der Waals surface area contributed by atoms with Crippen LogP contribution in [0.25, 0.3) is 0 Å². The van der Waals surface area contributed by atoms with Gasteiger partial charge in [-0.2, -0.15) is 0 Å². The number of amides is 1. The maximum absolute atomic E-state index is 12.7. The molecule has 2 aliphatic rings. The first-order valence-corrected chi connectivity index (χ1v) is 10.1. The summed E-state index contributed by atoms with van der Waals surface area (Å²) in [6, 6.07) is 7.81. The van der Waals surface area contributed by atoms with Crippen molar-refractivity contribution in [2.24, 2.45) is 11.8 Å². The van der Waals surface area contributed by atoms with Gasteiger partial charge in [0.1, 0.15) is 0 Å². The summed E-state index contributed by atoms with van der Waals surface area (Å²) in [4.78, 5) is 12.7. The molecule has 0 radical (unpaired) electrons. The summed E-state index contributed by atoms with van der Waals surface area (Å²) in [5, 5.41) is 12.3. The Kier molecular flexibility index (Phi) is 7.13. The molecule has 3 atom stereocenters. The zero-order valence-electron chi connectivity index (χ0n) is 16.4. The zero-order chi connectivity index (χ0) is 19.9. The maximum Gasteiger partial charge on any atom is 0.286 e. The molecule has 1 saturated carbocycles. The molecule has 0 unspecified atom stereocenters. The Bertz CT molecular complexity index is 730. The number of benzene rings is 1. The second-order valence-electron chi connectivity index (χ2n) is 7.45. The van der Waals surface area contributed by atoms with Crippen LogP contribution in [0.4, 0.5) is 0 Å². The van der Waals surface area contributed by atoms with Crippen LogP contribution in [-0.4, -0.2) is 37.1 Å². The molecule has 0 bridgehead atoms. The molecule has 1 aromatic rings. The van der Waals surface area contributed by atoms with Gasteiger partial charge in [-0.05, 0) is 62.3 Å². The molecule has 0 spiro atoms. The Morgan fingerprint density at radius 3 is 2.71 bits per heavy atom. The standard InChI is InChI=1S/C23H29NO4/c1-3-16-9-11-18(12-10-16)20-14-21(22(26)24-15-17-7-8-17)28-23(27-4-2)19(20)6-5-13-25/h1,9-12,14,17,19-20,23,25H,4-8,13,15H2,2H3,(H,24,26)/t19-,20-,23-/m1/s1. The molecule has 1 fully saturated rings. The Balaban J connectivity index is 1.87. The number of carbonyl (C=O) groups is 1. The Morgan fingerprint density at radius 1 is 1.36 bits per heavy atom. The summed E-state index contributed by atoms with van der Waals surface area (Å²) in [7, 11) is 0. The van der Waals surface area contributed by atoms with Gasteiger partial charge in [-0.15, -0.1) is 6.42 Å². The van der Waals surface area contributed by atoms with Crippen molar-refractivity contribution in [1.82, 2.24) is 5.32 Å². The SMILES string of the molecule is C#Cc1ccc([C@H]2C=C(C(=O)NCC3CC3)O[C@@H](OCC)[C@@H]2CCCO)cc1. The maximum atomic E-state index is 12.7. The number of terminal acetylenes is 1. The molecule has 1 aromatic carbocycles. The summed E-state index contributed by atoms with van der Waals surface area (Å²) in [5.41, 5.74) is 1.87. The third kappa shape index (κ3) is 5.15. The van der Waals surface area contributed by atoms with E-state index in [9.17, 15) is 9.90 Å². The van der Waals surface area contributed by atoms with Crippen LogP contribution >= 0.6 is 0 Å². The first kappa shape index (κ1) is 20.4. The molecule has 28 heavy (non-hydrogen) atoms. The molecule has 2 N–H and O–H groups in total. The third-order valence-electron chi connectivity index (χ3n) is 5.35. The summed E-state index contributed by atoms with van der Waals surface area (Å²) < 4.78 is 11.8. The second-order valence-corrected chi connectivity index (χ2v) is 7.45. The molecule has 1 aliphatic heterocycles. The first-order chi connectivity index (χ1) is 13.7. The van der Waals surface area contributed by atoms with Gasteiger partial charge in [-0.3, -0.25) is 4.79 Å². The first-order valence-electron chi connectivity index (χ1n) is 10.1. The highest BCUT2D eigenvalue weighted by molar-refractivity contribution is 5.91. The van der Waals surface area contributed by atoms with Crippen LogP contribution in [0, 0.1) is 24.2 Å². The number of rotatable bonds is 9. The third-order valence-corrected chi connectivity index (χ3v) is 5.35. The van der Waals surface area contributed by atoms with Crippen molar-refractivity contribution in [2.45, 2.75) is 44.8 Å². The van der Waals surface area contributed by atoms with Crippen molar-refractivity contribution in [1.29, 1.82) is 0 Å². The van der Waals surface area contributed by atoms with Crippen molar-refractivity contribution in [2.75, 3.05) is 19.8 Å². The fourth-order valence-electron chi connectivity index (χ4n) is 3.59. The summed E-state index contributed by atoms with van der Waals surface area (Å²) in [6.45, 7) is 3.19. The normalized spacial score (nSPS) is 24.0. The van der Waals surface area contributed by atoms with Crippen LogP contribution in [0.5, 0.6) is 0 Å². The highest BCUT2D eigenvalue weighted by Gasteiger charge is 2.38. The minimum Gasteiger partial charge on any atom is -0.459 e. The van der Waals surface area contributed by atoms with Crippen molar-refractivity contribution < 1.29 is 19.4 Å². The summed E-state index contributed by atoms with van der Waals surface area (Å²) in [6.07, 6.45) is 10.6. The fourth-order valence-corrected chi connectivity index (χ4v) is 3.59. The Labute approximate surface area is 167 Å². The second kappa shape index (κ2) is 9.77. The van der Waals surface area contributed by atoms with Gasteiger partial charge in [0.15, 0.2) is 5.76 Å². The largest absolute Gasteiger partial charge is 0.459 e. The molecule has 1 amide bonds. The topological polar surface area (TPSA) is 67.8 Å². The predicted octanol–water partition coefficient (Wildman–Crippen LogP) is 2.94. The van der Waals surface area contributed by atoms with E-state index < -0.39 is 6.29 Å². The lowest BCUT2D eigenvalue weighted by Gasteiger charge is -2.37. The van der Waals surface area contributed by atoms with Crippen LogP contribution in [0.1, 0.15) is 49.7 Å². The van der Waals surface area contributed by atoms with E-state index in [-0.39, 0.29) is 24.3 Å². The zero-order valence-corrected chi connectivity index (χ0v) is 16.4. The molecular weight excluding hydrogens is 354 g/mol. The van der Waals surface area contributed by atoms with Crippen molar-refractivity contribution in [3.8, 4) is 12.3 Å². The minimum atomic E-state index is -0.527. The van der Waals surface area contributed by atoms with Gasteiger partial charge < -0.3 is 19.9 Å². The fraction of sp³-hybridized carbons (Fsp3) is 0.522. The van der Waals surface area contributed by atoms with Crippen molar-refractivity contribution in [3.05, 3.63) is 47.2 Å². The molecule has 5 heteroatoms. The van der Waals surface area contributed by atoms with Crippen LogP contribution in [0.3, 0.4) is 0 Å². The molecule has 0 saturated heterocycles. The van der Waals surface area contributed by atoms with E-state index in [0.717, 1.165) is 17.5 Å². The van der Waals surface area contributed by atoms with E-state index >= 15 is 0 Å². The number of nitrogens with one attached hydrogen (secondary N) is 1. The number of ether oxygens (including phenoxy) is 2. The van der Waals surface area contributed by atoms with Crippen LogP contribution in [0.15, 0.2) is 36.1 Å². The van der Waals surface area contributed by atoms with Gasteiger partial charge in [0, 0.05) is 37.2 Å². The van der Waals surface area contributed by atoms with E-state index in [1.165, 1.54) is 12.8 Å². The molecule has 0 aromatic heterocycles. The number of aliphatic hydroxyl groups is 1. The predicted molar refractivity (Wildman–Crippen MR) is 107 cm³/mol. The smallest absolute Gasteiger partial charge is 0.286 e. The quantitative estimate of drug-likeness (QED) is 0.644. The van der Waals surface area contributed by atoms with Crippen molar-refractivity contribution in [3.63, 3.8) is 0 Å². The highest BCUT2D eigenvalue weighted by atomic mass is 16.7. The number of allylic oxidation sites excluding steroid dienone is 1. The van der Waals surface area contributed by atoms with E-state index in [2.05, 4.69) is 11.2 Å². The lowest BCUT2D eigenvalue weighted by molar-refractivity contribution is -0.166. The van der Waals surface area contributed by atoms with E-state index in [4.69, 9.17) is 15.9 Å². The average molecular weight is 383 g/mol. The highest BCUT2D eigenvalue weighted by Crippen LogP contribution is 2.39. The summed E-state index contributed by atoms with van der Waals surface area (Å²) >= 11 is 0. The van der Waals surface area contributed by atoms with E-state index in [1.54, 1.807) is 0 Å². The molecule has 3 rings (SSSR count). The molecule has 5 nitrogen and oxygen atoms in total. The molecule has 150 valence electrons. The lowest BCUT2D eigenvalue weighted by atomic mass is 9.80. The minimum absolute atomic E-state index is 0.00349. The Morgan fingerprint density at radius 2 is 2.11 bits per heavy atom. The van der Waals surface area contributed by atoms with Gasteiger partial charge in [-0.25, -0.2) is 0 Å². The van der Waals surface area contributed by atoms with Gasteiger partial charge in [0.2, 0.25) is 6.29 Å². The molecule has 1 heterocycles. The summed E-state index contributed by atoms with van der Waals surface area (Å²) in [5.74, 6) is 3.30. The molecule has 1 aliphatic carbocycles. The van der Waals surface area contributed by atoms with Gasteiger partial charge >= 0.3 is 0 Å². The average Bonchev–Trinajstić information content (AvgIpc) is 3.55. The van der Waals surface area contributed by atoms with Gasteiger partial charge in [0.25, 0.3) is 5.91 Å². The van der Waals surface area contributed by atoms with E-state index in [1.807, 2.05) is 37.3 Å². The monoisotopic (exact) mass is 383 g/mol. The Hall–Kier alpha value is -2.29. The van der Waals surface area contributed by atoms with Crippen molar-refractivity contribution >= 4 is 5.91 Å².